The summed E-state index contributed by atoms with van der Waals surface area (Å²) < 4.78 is 0. The highest BCUT2D eigenvalue weighted by molar-refractivity contribution is 4.92. The minimum atomic E-state index is 0.454. The molecular formula is C9H17N. The fourth-order valence-corrected chi connectivity index (χ4v) is 2.94. The first-order chi connectivity index (χ1) is 4.77. The first kappa shape index (κ1) is 6.66. The molecule has 2 fully saturated rings. The van der Waals surface area contributed by atoms with Crippen LogP contribution in [0.15, 0.2) is 0 Å². The van der Waals surface area contributed by atoms with E-state index in [1.165, 1.54) is 25.7 Å². The molecule has 2 rings (SSSR count). The Morgan fingerprint density at radius 2 is 2.10 bits per heavy atom. The van der Waals surface area contributed by atoms with Gasteiger partial charge in [-0.3, -0.25) is 0 Å². The standard InChI is InChI=1S/C9H17N/c1-6(10)9-5-7-2-3-8(9)4-7/h6-9H,2-5,10H2,1H3/t6-,7+,8-,9+/m0/s1. The molecule has 58 valence electrons. The highest BCUT2D eigenvalue weighted by atomic mass is 14.7. The maximum atomic E-state index is 5.88. The van der Waals surface area contributed by atoms with Crippen LogP contribution in [0.25, 0.3) is 0 Å². The van der Waals surface area contributed by atoms with Crippen LogP contribution >= 0.6 is 0 Å². The van der Waals surface area contributed by atoms with Crippen LogP contribution in [0.4, 0.5) is 0 Å². The Kier molecular flexibility index (Phi) is 1.48. The molecule has 10 heavy (non-hydrogen) atoms. The Morgan fingerprint density at radius 3 is 2.40 bits per heavy atom. The van der Waals surface area contributed by atoms with Crippen molar-refractivity contribution in [2.75, 3.05) is 0 Å². The van der Waals surface area contributed by atoms with Gasteiger partial charge in [0.2, 0.25) is 0 Å². The molecule has 0 radical (unpaired) electrons. The van der Waals surface area contributed by atoms with Crippen molar-refractivity contribution >= 4 is 0 Å². The number of rotatable bonds is 1. The molecule has 2 N–H and O–H groups in total. The van der Waals surface area contributed by atoms with E-state index < -0.39 is 0 Å². The SMILES string of the molecule is C[C@H](N)[C@H]1C[C@@H]2CC[C@H]1C2. The average molecular weight is 139 g/mol. The maximum absolute atomic E-state index is 5.88. The van der Waals surface area contributed by atoms with E-state index in [-0.39, 0.29) is 0 Å². The maximum Gasteiger partial charge on any atom is 0.00415 e. The van der Waals surface area contributed by atoms with Crippen LogP contribution in [-0.4, -0.2) is 6.04 Å². The molecule has 0 aromatic carbocycles. The Morgan fingerprint density at radius 1 is 1.30 bits per heavy atom. The Bertz CT molecular complexity index is 131. The number of nitrogens with two attached hydrogens (primary N) is 1. The van der Waals surface area contributed by atoms with Crippen molar-refractivity contribution in [1.82, 2.24) is 0 Å². The molecule has 2 saturated carbocycles. The van der Waals surface area contributed by atoms with E-state index in [1.54, 1.807) is 0 Å². The molecule has 1 nitrogen and oxygen atoms in total. The Balaban J connectivity index is 2.02. The van der Waals surface area contributed by atoms with Gasteiger partial charge in [-0.15, -0.1) is 0 Å². The van der Waals surface area contributed by atoms with E-state index in [0.717, 1.165) is 17.8 Å². The fourth-order valence-electron chi connectivity index (χ4n) is 2.94. The van der Waals surface area contributed by atoms with Crippen molar-refractivity contribution < 1.29 is 0 Å². The summed E-state index contributed by atoms with van der Waals surface area (Å²) in [6, 6.07) is 0.454. The first-order valence-corrected chi connectivity index (χ1v) is 4.53. The van der Waals surface area contributed by atoms with E-state index in [9.17, 15) is 0 Å². The molecule has 4 atom stereocenters. The lowest BCUT2D eigenvalue weighted by molar-refractivity contribution is 0.293. The largest absolute Gasteiger partial charge is 0.328 e. The van der Waals surface area contributed by atoms with Crippen LogP contribution in [0.5, 0.6) is 0 Å². The molecule has 1 heteroatoms. The molecule has 2 aliphatic rings. The Hall–Kier alpha value is -0.0400. The third kappa shape index (κ3) is 0.878. The zero-order valence-corrected chi connectivity index (χ0v) is 6.72. The summed E-state index contributed by atoms with van der Waals surface area (Å²) in [6.45, 7) is 2.17. The molecule has 0 amide bonds. The summed E-state index contributed by atoms with van der Waals surface area (Å²) in [4.78, 5) is 0. The van der Waals surface area contributed by atoms with Gasteiger partial charge in [0.25, 0.3) is 0 Å². The van der Waals surface area contributed by atoms with Crippen LogP contribution < -0.4 is 5.73 Å². The molecule has 0 aromatic heterocycles. The number of hydrogen-bond donors (Lipinski definition) is 1. The molecular weight excluding hydrogens is 122 g/mol. The van der Waals surface area contributed by atoms with Gasteiger partial charge in [-0.2, -0.15) is 0 Å². The minimum Gasteiger partial charge on any atom is -0.328 e. The topological polar surface area (TPSA) is 26.0 Å². The molecule has 0 saturated heterocycles. The van der Waals surface area contributed by atoms with E-state index in [2.05, 4.69) is 6.92 Å². The van der Waals surface area contributed by atoms with Crippen molar-refractivity contribution in [2.24, 2.45) is 23.5 Å². The number of hydrogen-bond acceptors (Lipinski definition) is 1. The van der Waals surface area contributed by atoms with E-state index in [1.807, 2.05) is 0 Å². The fraction of sp³-hybridized carbons (Fsp3) is 1.00. The van der Waals surface area contributed by atoms with Gasteiger partial charge in [-0.05, 0) is 43.9 Å². The lowest BCUT2D eigenvalue weighted by Gasteiger charge is -2.24. The predicted octanol–water partition coefficient (Wildman–Crippen LogP) is 1.77. The van der Waals surface area contributed by atoms with E-state index >= 15 is 0 Å². The predicted molar refractivity (Wildman–Crippen MR) is 42.6 cm³/mol. The van der Waals surface area contributed by atoms with Crippen LogP contribution in [-0.2, 0) is 0 Å². The van der Waals surface area contributed by atoms with Gasteiger partial charge in [-0.1, -0.05) is 6.42 Å². The molecule has 0 aliphatic heterocycles. The van der Waals surface area contributed by atoms with Crippen molar-refractivity contribution in [1.29, 1.82) is 0 Å². The number of fused-ring (bicyclic) bond motifs is 2. The monoisotopic (exact) mass is 139 g/mol. The Labute approximate surface area is 63.0 Å². The van der Waals surface area contributed by atoms with E-state index in [0.29, 0.717) is 6.04 Å². The van der Waals surface area contributed by atoms with Crippen molar-refractivity contribution in [3.05, 3.63) is 0 Å². The molecule has 0 spiro atoms. The third-order valence-corrected chi connectivity index (χ3v) is 3.47. The summed E-state index contributed by atoms with van der Waals surface area (Å²) in [5.41, 5.74) is 5.88. The second-order valence-corrected chi connectivity index (χ2v) is 4.20. The highest BCUT2D eigenvalue weighted by Crippen LogP contribution is 2.49. The first-order valence-electron chi connectivity index (χ1n) is 4.53. The zero-order chi connectivity index (χ0) is 7.14. The lowest BCUT2D eigenvalue weighted by Crippen LogP contribution is -2.30. The summed E-state index contributed by atoms with van der Waals surface area (Å²) in [5, 5.41) is 0. The van der Waals surface area contributed by atoms with Crippen LogP contribution in [0.2, 0.25) is 0 Å². The second kappa shape index (κ2) is 2.23. The van der Waals surface area contributed by atoms with Crippen LogP contribution in [0.3, 0.4) is 0 Å². The quantitative estimate of drug-likeness (QED) is 0.588. The molecule has 0 unspecified atom stereocenters. The van der Waals surface area contributed by atoms with Crippen LogP contribution in [0.1, 0.15) is 32.6 Å². The van der Waals surface area contributed by atoms with Gasteiger partial charge in [0.1, 0.15) is 0 Å². The van der Waals surface area contributed by atoms with Gasteiger partial charge in [-0.25, -0.2) is 0 Å². The van der Waals surface area contributed by atoms with Crippen molar-refractivity contribution in [2.45, 2.75) is 38.6 Å². The van der Waals surface area contributed by atoms with Gasteiger partial charge in [0.05, 0.1) is 0 Å². The minimum absolute atomic E-state index is 0.454. The molecule has 2 aliphatic carbocycles. The summed E-state index contributed by atoms with van der Waals surface area (Å²) >= 11 is 0. The molecule has 0 heterocycles. The third-order valence-electron chi connectivity index (χ3n) is 3.47. The molecule has 2 bridgehead atoms. The van der Waals surface area contributed by atoms with Gasteiger partial charge < -0.3 is 5.73 Å². The van der Waals surface area contributed by atoms with E-state index in [4.69, 9.17) is 5.73 Å². The van der Waals surface area contributed by atoms with Gasteiger partial charge in [0, 0.05) is 6.04 Å². The summed E-state index contributed by atoms with van der Waals surface area (Å²) in [7, 11) is 0. The van der Waals surface area contributed by atoms with Gasteiger partial charge in [0.15, 0.2) is 0 Å². The van der Waals surface area contributed by atoms with Gasteiger partial charge >= 0.3 is 0 Å². The van der Waals surface area contributed by atoms with Crippen molar-refractivity contribution in [3.8, 4) is 0 Å². The highest BCUT2D eigenvalue weighted by Gasteiger charge is 2.40. The summed E-state index contributed by atoms with van der Waals surface area (Å²) in [5.74, 6) is 2.93. The smallest absolute Gasteiger partial charge is 0.00415 e. The van der Waals surface area contributed by atoms with Crippen molar-refractivity contribution in [3.63, 3.8) is 0 Å². The zero-order valence-electron chi connectivity index (χ0n) is 6.72. The normalized spacial score (nSPS) is 48.0. The lowest BCUT2D eigenvalue weighted by atomic mass is 9.84. The average Bonchev–Trinajstić information content (AvgIpc) is 2.44. The summed E-state index contributed by atoms with van der Waals surface area (Å²) in [6.07, 6.45) is 5.89. The second-order valence-electron chi connectivity index (χ2n) is 4.20. The molecule has 0 aromatic rings. The van der Waals surface area contributed by atoms with Crippen LogP contribution in [0, 0.1) is 17.8 Å².